The summed E-state index contributed by atoms with van der Waals surface area (Å²) < 4.78 is 6.53. The van der Waals surface area contributed by atoms with Gasteiger partial charge in [0.2, 0.25) is 0 Å². The van der Waals surface area contributed by atoms with Gasteiger partial charge >= 0.3 is 5.97 Å². The molecule has 0 amide bonds. The van der Waals surface area contributed by atoms with Crippen LogP contribution in [0, 0.1) is 30.7 Å². The number of aromatic carboxylic acids is 1. The molecule has 2 N–H and O–H groups in total. The summed E-state index contributed by atoms with van der Waals surface area (Å²) in [7, 11) is 0. The number of hydrogen-bond donors (Lipinski definition) is 2. The zero-order valence-corrected chi connectivity index (χ0v) is 22.2. The molecule has 3 aromatic rings. The molecule has 194 valence electrons. The van der Waals surface area contributed by atoms with Crippen LogP contribution in [0.5, 0.6) is 5.75 Å². The molecule has 0 bridgehead atoms. The zero-order valence-electron chi connectivity index (χ0n) is 22.2. The first-order valence-electron chi connectivity index (χ1n) is 12.5. The van der Waals surface area contributed by atoms with Crippen molar-refractivity contribution in [3.8, 4) is 24.3 Å². The molecule has 0 aromatic heterocycles. The number of benzene rings is 3. The highest BCUT2D eigenvalue weighted by molar-refractivity contribution is 5.94. The first-order chi connectivity index (χ1) is 18.7. The van der Waals surface area contributed by atoms with Crippen LogP contribution in [-0.2, 0) is 0 Å². The highest BCUT2D eigenvalue weighted by Crippen LogP contribution is 2.42. The third kappa shape index (κ3) is 5.71. The number of carboxylic acid groups (broad SMARTS) is 1. The van der Waals surface area contributed by atoms with E-state index < -0.39 is 5.97 Å². The number of allylic oxidation sites excluding steroid dienone is 3. The van der Waals surface area contributed by atoms with Crippen LogP contribution in [0.4, 0.5) is 11.4 Å². The summed E-state index contributed by atoms with van der Waals surface area (Å²) in [4.78, 5) is 13.4. The summed E-state index contributed by atoms with van der Waals surface area (Å²) >= 11 is 0. The molecule has 6 heteroatoms. The number of para-hydroxylation sites is 1. The Balaban J connectivity index is 1.70. The number of hydrogen-bond acceptors (Lipinski definition) is 5. The number of nitrogens with one attached hydrogen (secondary N) is 1. The Kier molecular flexibility index (Phi) is 7.89. The van der Waals surface area contributed by atoms with Gasteiger partial charge in [0.1, 0.15) is 11.5 Å². The van der Waals surface area contributed by atoms with Crippen LogP contribution in [0.3, 0.4) is 0 Å². The van der Waals surface area contributed by atoms with Gasteiger partial charge in [-0.2, -0.15) is 5.26 Å². The Hall–Kier alpha value is -5.20. The van der Waals surface area contributed by atoms with Crippen molar-refractivity contribution in [1.29, 1.82) is 5.26 Å². The molecule has 0 saturated carbocycles. The van der Waals surface area contributed by atoms with Crippen molar-refractivity contribution in [2.24, 2.45) is 0 Å². The maximum atomic E-state index is 11.7. The van der Waals surface area contributed by atoms with Gasteiger partial charge in [-0.05, 0) is 79.9 Å². The highest BCUT2D eigenvalue weighted by Gasteiger charge is 2.25. The summed E-state index contributed by atoms with van der Waals surface area (Å²) in [5.74, 6) is 0.303. The van der Waals surface area contributed by atoms with Gasteiger partial charge in [0.15, 0.2) is 0 Å². The molecule has 0 aliphatic carbocycles. The van der Waals surface area contributed by atoms with E-state index in [9.17, 15) is 9.90 Å². The molecule has 3 aromatic carbocycles. The number of anilines is 2. The normalized spacial score (nSPS) is 13.2. The molecular formula is C33H29N3O3. The molecular weight excluding hydrogens is 486 g/mol. The van der Waals surface area contributed by atoms with Gasteiger partial charge in [-0.15, -0.1) is 0 Å². The number of aryl methyl sites for hydroxylation is 1. The Morgan fingerprint density at radius 2 is 1.95 bits per heavy atom. The second kappa shape index (κ2) is 11.5. The molecule has 0 spiro atoms. The van der Waals surface area contributed by atoms with Crippen molar-refractivity contribution in [1.82, 2.24) is 0 Å². The number of fused-ring (bicyclic) bond motifs is 1. The van der Waals surface area contributed by atoms with Crippen LogP contribution in [0.2, 0.25) is 0 Å². The lowest BCUT2D eigenvalue weighted by atomic mass is 9.93. The fourth-order valence-electron chi connectivity index (χ4n) is 4.48. The van der Waals surface area contributed by atoms with Crippen molar-refractivity contribution in [2.75, 3.05) is 10.2 Å². The average molecular weight is 516 g/mol. The van der Waals surface area contributed by atoms with Crippen molar-refractivity contribution in [3.63, 3.8) is 0 Å². The maximum Gasteiger partial charge on any atom is 0.337 e. The van der Waals surface area contributed by atoms with E-state index in [2.05, 4.69) is 24.0 Å². The Morgan fingerprint density at radius 3 is 2.59 bits per heavy atom. The molecule has 39 heavy (non-hydrogen) atoms. The van der Waals surface area contributed by atoms with Gasteiger partial charge in [0, 0.05) is 34.6 Å². The monoisotopic (exact) mass is 515 g/mol. The molecule has 4 rings (SSSR count). The van der Waals surface area contributed by atoms with Crippen LogP contribution in [0.25, 0.3) is 5.57 Å². The second-order valence-corrected chi connectivity index (χ2v) is 9.25. The van der Waals surface area contributed by atoms with E-state index >= 15 is 0 Å². The number of carbonyl (C=O) groups is 1. The van der Waals surface area contributed by atoms with Gasteiger partial charge in [-0.25, -0.2) is 4.79 Å². The highest BCUT2D eigenvalue weighted by atomic mass is 16.5. The smallest absolute Gasteiger partial charge is 0.337 e. The zero-order chi connectivity index (χ0) is 28.1. The third-order valence-electron chi connectivity index (χ3n) is 6.52. The Bertz CT molecular complexity index is 1580. The standard InChI is InChI=1S/C33H29N3O3/c1-6-25(20-36(7-2)26-14-12-24(19-34)13-15-26)31-18-22(4)28-16-21(3)17-29(32(28)39-31)23(5)35-30-11-9-8-10-27(30)33(37)38/h2,8-18,20,23,35H,4,6H2,1,3,5H3,(H,37,38)/b25-20+. The maximum absolute atomic E-state index is 11.7. The van der Waals surface area contributed by atoms with Gasteiger partial charge < -0.3 is 15.2 Å². The van der Waals surface area contributed by atoms with Crippen LogP contribution in [-0.4, -0.2) is 11.1 Å². The minimum atomic E-state index is -0.996. The Morgan fingerprint density at radius 1 is 1.23 bits per heavy atom. The van der Waals surface area contributed by atoms with Crippen molar-refractivity contribution < 1.29 is 14.6 Å². The van der Waals surface area contributed by atoms with E-state index in [0.29, 0.717) is 29.2 Å². The summed E-state index contributed by atoms with van der Waals surface area (Å²) in [5, 5.41) is 22.1. The summed E-state index contributed by atoms with van der Waals surface area (Å²) in [5.41, 5.74) is 6.51. The topological polar surface area (TPSA) is 85.6 Å². The number of rotatable bonds is 8. The first kappa shape index (κ1) is 26.9. The Labute approximate surface area is 229 Å². The molecule has 0 fully saturated rings. The molecule has 6 nitrogen and oxygen atoms in total. The van der Waals surface area contributed by atoms with Crippen LogP contribution in [0.1, 0.15) is 58.9 Å². The van der Waals surface area contributed by atoms with Crippen LogP contribution in [0.15, 0.2) is 90.9 Å². The number of nitrogens with zero attached hydrogens (tertiary/aromatic N) is 2. The minimum Gasteiger partial charge on any atom is -0.478 e. The lowest BCUT2D eigenvalue weighted by Crippen LogP contribution is -2.16. The third-order valence-corrected chi connectivity index (χ3v) is 6.52. The van der Waals surface area contributed by atoms with Gasteiger partial charge in [0.05, 0.1) is 28.9 Å². The van der Waals surface area contributed by atoms with E-state index in [1.165, 1.54) is 0 Å². The lowest BCUT2D eigenvalue weighted by Gasteiger charge is -2.28. The first-order valence-corrected chi connectivity index (χ1v) is 12.5. The van der Waals surface area contributed by atoms with Crippen molar-refractivity contribution >= 4 is 22.9 Å². The van der Waals surface area contributed by atoms with Gasteiger partial charge in [-0.1, -0.05) is 38.1 Å². The van der Waals surface area contributed by atoms with Crippen LogP contribution < -0.4 is 15.0 Å². The van der Waals surface area contributed by atoms with E-state index in [0.717, 1.165) is 33.5 Å². The number of terminal acetylenes is 1. The van der Waals surface area contributed by atoms with E-state index in [-0.39, 0.29) is 11.6 Å². The molecule has 1 aliphatic rings. The van der Waals surface area contributed by atoms with E-state index in [1.807, 2.05) is 45.2 Å². The number of nitriles is 1. The van der Waals surface area contributed by atoms with E-state index in [4.69, 9.17) is 16.4 Å². The van der Waals surface area contributed by atoms with Crippen LogP contribution >= 0.6 is 0 Å². The summed E-state index contributed by atoms with van der Waals surface area (Å²) in [6.07, 6.45) is 10.2. The van der Waals surface area contributed by atoms with E-state index in [1.54, 1.807) is 53.4 Å². The van der Waals surface area contributed by atoms with Crippen molar-refractivity contribution in [2.45, 2.75) is 33.2 Å². The molecule has 1 aliphatic heterocycles. The average Bonchev–Trinajstić information content (AvgIpc) is 2.94. The van der Waals surface area contributed by atoms with Gasteiger partial charge in [-0.3, -0.25) is 4.90 Å². The fraction of sp³-hybridized carbons (Fsp3) is 0.152. The quantitative estimate of drug-likeness (QED) is 0.240. The summed E-state index contributed by atoms with van der Waals surface area (Å²) in [6, 6.07) is 22.5. The second-order valence-electron chi connectivity index (χ2n) is 9.25. The molecule has 0 radical (unpaired) electrons. The minimum absolute atomic E-state index is 0.199. The number of carboxylic acids is 1. The predicted octanol–water partition coefficient (Wildman–Crippen LogP) is 7.42. The SMILES string of the molecule is C#CN(/C=C(\CC)C1=CC(=C)c2cc(C)cc(C(C)Nc3ccccc3C(=O)O)c2O1)c1ccc(C#N)cc1. The molecule has 1 atom stereocenters. The number of ether oxygens (including phenoxy) is 1. The molecule has 0 saturated heterocycles. The fourth-order valence-corrected chi connectivity index (χ4v) is 4.48. The molecule has 1 heterocycles. The lowest BCUT2D eigenvalue weighted by molar-refractivity contribution is 0.0698. The largest absolute Gasteiger partial charge is 0.478 e. The molecule has 1 unspecified atom stereocenters. The summed E-state index contributed by atoms with van der Waals surface area (Å²) in [6.45, 7) is 10.3. The van der Waals surface area contributed by atoms with Gasteiger partial charge in [0.25, 0.3) is 0 Å². The predicted molar refractivity (Wildman–Crippen MR) is 155 cm³/mol. The van der Waals surface area contributed by atoms with Crippen molar-refractivity contribution in [3.05, 3.63) is 119 Å².